The fraction of sp³-hybridized carbons (Fsp3) is 0.889. The number of hydrogen-bond donors (Lipinski definition) is 4. The van der Waals surface area contributed by atoms with Crippen molar-refractivity contribution in [1.82, 2.24) is 5.32 Å². The molecule has 0 rings (SSSR count). The molecular weight excluding hydrogens is 186 g/mol. The normalized spacial score (nSPS) is 10.8. The van der Waals surface area contributed by atoms with E-state index in [1.54, 1.807) is 0 Å². The van der Waals surface area contributed by atoms with Crippen molar-refractivity contribution in [3.05, 3.63) is 0 Å². The summed E-state index contributed by atoms with van der Waals surface area (Å²) < 4.78 is 0. The number of nitrogens with one attached hydrogen (secondary N) is 1. The quantitative estimate of drug-likeness (QED) is 0.384. The first-order chi connectivity index (χ1) is 6.70. The average molecular weight is 205 g/mol. The van der Waals surface area contributed by atoms with Crippen LogP contribution < -0.4 is 5.32 Å². The van der Waals surface area contributed by atoms with Crippen molar-refractivity contribution < 1.29 is 20.1 Å². The van der Waals surface area contributed by atoms with E-state index in [4.69, 9.17) is 15.3 Å². The molecule has 0 fully saturated rings. The molecule has 0 aliphatic rings. The number of carboxylic acids is 1. The molecule has 5 nitrogen and oxygen atoms in total. The standard InChI is InChI=1S/C9H19NO4/c11-6-8(7-12)10-5-3-1-2-4-9(13)14/h8,10-12H,1-7H2,(H,13,14). The summed E-state index contributed by atoms with van der Waals surface area (Å²) in [7, 11) is 0. The first-order valence-corrected chi connectivity index (χ1v) is 4.87. The molecule has 0 aliphatic carbocycles. The van der Waals surface area contributed by atoms with Gasteiger partial charge in [0.05, 0.1) is 19.3 Å². The Labute approximate surface area is 83.8 Å². The number of carboxylic acid groups (broad SMARTS) is 1. The monoisotopic (exact) mass is 205 g/mol. The van der Waals surface area contributed by atoms with Gasteiger partial charge in [-0.05, 0) is 19.4 Å². The third kappa shape index (κ3) is 7.97. The van der Waals surface area contributed by atoms with Crippen LogP contribution in [0.4, 0.5) is 0 Å². The van der Waals surface area contributed by atoms with Gasteiger partial charge in [0, 0.05) is 6.42 Å². The zero-order valence-corrected chi connectivity index (χ0v) is 8.28. The maximum absolute atomic E-state index is 10.2. The maximum Gasteiger partial charge on any atom is 0.303 e. The molecule has 0 unspecified atom stereocenters. The zero-order chi connectivity index (χ0) is 10.8. The number of hydrogen-bond acceptors (Lipinski definition) is 4. The summed E-state index contributed by atoms with van der Waals surface area (Å²) >= 11 is 0. The topological polar surface area (TPSA) is 89.8 Å². The molecule has 0 saturated heterocycles. The van der Waals surface area contributed by atoms with Crippen LogP contribution in [0.2, 0.25) is 0 Å². The lowest BCUT2D eigenvalue weighted by Gasteiger charge is -2.12. The highest BCUT2D eigenvalue weighted by Gasteiger charge is 2.03. The minimum Gasteiger partial charge on any atom is -0.481 e. The van der Waals surface area contributed by atoms with E-state index in [2.05, 4.69) is 5.32 Å². The average Bonchev–Trinajstić information content (AvgIpc) is 2.16. The molecule has 0 spiro atoms. The third-order valence-corrected chi connectivity index (χ3v) is 1.94. The second-order valence-electron chi connectivity index (χ2n) is 3.22. The van der Waals surface area contributed by atoms with Crippen molar-refractivity contribution in [2.45, 2.75) is 31.7 Å². The molecule has 0 aromatic heterocycles. The van der Waals surface area contributed by atoms with E-state index in [-0.39, 0.29) is 25.7 Å². The fourth-order valence-corrected chi connectivity index (χ4v) is 1.07. The van der Waals surface area contributed by atoms with Gasteiger partial charge in [0.15, 0.2) is 0 Å². The Morgan fingerprint density at radius 3 is 2.29 bits per heavy atom. The molecule has 0 aromatic rings. The molecule has 14 heavy (non-hydrogen) atoms. The van der Waals surface area contributed by atoms with Crippen LogP contribution in [-0.2, 0) is 4.79 Å². The summed E-state index contributed by atoms with van der Waals surface area (Å²) in [5.41, 5.74) is 0. The Hall–Kier alpha value is -0.650. The number of carbonyl (C=O) groups is 1. The highest BCUT2D eigenvalue weighted by atomic mass is 16.4. The van der Waals surface area contributed by atoms with Crippen molar-refractivity contribution in [2.24, 2.45) is 0 Å². The zero-order valence-electron chi connectivity index (χ0n) is 8.28. The Morgan fingerprint density at radius 2 is 1.79 bits per heavy atom. The molecule has 0 amide bonds. The number of aliphatic hydroxyl groups is 2. The van der Waals surface area contributed by atoms with Gasteiger partial charge in [-0.15, -0.1) is 0 Å². The summed E-state index contributed by atoms with van der Waals surface area (Å²) in [6.45, 7) is 0.544. The summed E-state index contributed by atoms with van der Waals surface area (Å²) in [6, 6.07) is -0.255. The highest BCUT2D eigenvalue weighted by molar-refractivity contribution is 5.66. The molecule has 84 valence electrons. The molecule has 0 aliphatic heterocycles. The second-order valence-corrected chi connectivity index (χ2v) is 3.22. The molecule has 0 saturated carbocycles. The summed E-state index contributed by atoms with van der Waals surface area (Å²) in [4.78, 5) is 10.2. The Kier molecular flexibility index (Phi) is 8.51. The van der Waals surface area contributed by atoms with E-state index in [9.17, 15) is 4.79 Å². The van der Waals surface area contributed by atoms with Gasteiger partial charge in [0.1, 0.15) is 0 Å². The molecule has 4 N–H and O–H groups in total. The van der Waals surface area contributed by atoms with E-state index >= 15 is 0 Å². The van der Waals surface area contributed by atoms with E-state index in [1.165, 1.54) is 0 Å². The van der Waals surface area contributed by atoms with E-state index in [0.717, 1.165) is 12.8 Å². The smallest absolute Gasteiger partial charge is 0.303 e. The third-order valence-electron chi connectivity index (χ3n) is 1.94. The maximum atomic E-state index is 10.2. The highest BCUT2D eigenvalue weighted by Crippen LogP contribution is 1.98. The minimum atomic E-state index is -0.762. The summed E-state index contributed by atoms with van der Waals surface area (Å²) in [5, 5.41) is 28.7. The lowest BCUT2D eigenvalue weighted by Crippen LogP contribution is -2.36. The van der Waals surface area contributed by atoms with Crippen LogP contribution in [0.5, 0.6) is 0 Å². The van der Waals surface area contributed by atoms with E-state index < -0.39 is 5.97 Å². The van der Waals surface area contributed by atoms with Gasteiger partial charge in [-0.25, -0.2) is 0 Å². The summed E-state index contributed by atoms with van der Waals surface area (Å²) in [5.74, 6) is -0.762. The van der Waals surface area contributed by atoms with Gasteiger partial charge in [-0.3, -0.25) is 4.79 Å². The van der Waals surface area contributed by atoms with Gasteiger partial charge in [-0.2, -0.15) is 0 Å². The van der Waals surface area contributed by atoms with Crippen LogP contribution in [-0.4, -0.2) is 47.1 Å². The van der Waals surface area contributed by atoms with Crippen LogP contribution in [0, 0.1) is 0 Å². The number of unbranched alkanes of at least 4 members (excludes halogenated alkanes) is 2. The van der Waals surface area contributed by atoms with Crippen molar-refractivity contribution in [2.75, 3.05) is 19.8 Å². The van der Waals surface area contributed by atoms with Gasteiger partial charge in [0.25, 0.3) is 0 Å². The molecule has 0 heterocycles. The fourth-order valence-electron chi connectivity index (χ4n) is 1.07. The predicted octanol–water partition coefficient (Wildman–Crippen LogP) is -0.426. The van der Waals surface area contributed by atoms with Gasteiger partial charge >= 0.3 is 5.97 Å². The molecular formula is C9H19NO4. The van der Waals surface area contributed by atoms with E-state index in [1.807, 2.05) is 0 Å². The Balaban J connectivity index is 3.16. The van der Waals surface area contributed by atoms with Crippen LogP contribution in [0.25, 0.3) is 0 Å². The van der Waals surface area contributed by atoms with Crippen molar-refractivity contribution in [3.63, 3.8) is 0 Å². The summed E-state index contributed by atoms with van der Waals surface area (Å²) in [6.07, 6.45) is 2.61. The predicted molar refractivity (Wildman–Crippen MR) is 52.1 cm³/mol. The molecule has 5 heteroatoms. The lowest BCUT2D eigenvalue weighted by molar-refractivity contribution is -0.137. The first kappa shape index (κ1) is 13.4. The first-order valence-electron chi connectivity index (χ1n) is 4.87. The van der Waals surface area contributed by atoms with Gasteiger partial charge in [0.2, 0.25) is 0 Å². The number of rotatable bonds is 9. The molecule has 0 radical (unpaired) electrons. The Morgan fingerprint density at radius 1 is 1.14 bits per heavy atom. The van der Waals surface area contributed by atoms with Crippen LogP contribution in [0.3, 0.4) is 0 Å². The molecule has 0 atom stereocenters. The molecule has 0 aromatic carbocycles. The lowest BCUT2D eigenvalue weighted by atomic mass is 10.2. The SMILES string of the molecule is O=C(O)CCCCCNC(CO)CO. The van der Waals surface area contributed by atoms with Crippen molar-refractivity contribution in [1.29, 1.82) is 0 Å². The van der Waals surface area contributed by atoms with Gasteiger partial charge < -0.3 is 20.6 Å². The molecule has 0 bridgehead atoms. The largest absolute Gasteiger partial charge is 0.481 e. The minimum absolute atomic E-state index is 0.0778. The van der Waals surface area contributed by atoms with Crippen molar-refractivity contribution >= 4 is 5.97 Å². The Bertz CT molecular complexity index is 148. The van der Waals surface area contributed by atoms with Gasteiger partial charge in [-0.1, -0.05) is 6.42 Å². The second kappa shape index (κ2) is 8.93. The number of aliphatic carboxylic acids is 1. The van der Waals surface area contributed by atoms with Crippen LogP contribution in [0.1, 0.15) is 25.7 Å². The van der Waals surface area contributed by atoms with E-state index in [0.29, 0.717) is 13.0 Å². The number of aliphatic hydroxyl groups excluding tert-OH is 2. The van der Waals surface area contributed by atoms with Crippen molar-refractivity contribution in [3.8, 4) is 0 Å². The van der Waals surface area contributed by atoms with Crippen LogP contribution in [0.15, 0.2) is 0 Å². The van der Waals surface area contributed by atoms with Crippen LogP contribution >= 0.6 is 0 Å².